The van der Waals surface area contributed by atoms with Crippen molar-refractivity contribution in [2.75, 3.05) is 80.8 Å². The average molecular weight is 668 g/mol. The van der Waals surface area contributed by atoms with Crippen LogP contribution < -0.4 is 25.6 Å². The summed E-state index contributed by atoms with van der Waals surface area (Å²) in [4.78, 5) is 31.2. The molecule has 4 aliphatic rings. The van der Waals surface area contributed by atoms with E-state index in [1.54, 1.807) is 6.07 Å². The summed E-state index contributed by atoms with van der Waals surface area (Å²) >= 11 is 0. The van der Waals surface area contributed by atoms with E-state index in [9.17, 15) is 26.7 Å². The first kappa shape index (κ1) is 33.2. The van der Waals surface area contributed by atoms with Gasteiger partial charge in [-0.25, -0.2) is 18.6 Å². The van der Waals surface area contributed by atoms with Gasteiger partial charge in [0.15, 0.2) is 0 Å². The van der Waals surface area contributed by atoms with Gasteiger partial charge in [-0.05, 0) is 38.8 Å². The van der Waals surface area contributed by atoms with Gasteiger partial charge in [-0.1, -0.05) is 0 Å². The summed E-state index contributed by atoms with van der Waals surface area (Å²) in [6.45, 7) is 4.20. The second-order valence-corrected chi connectivity index (χ2v) is 13.0. The fraction of sp³-hybridized carbons (Fsp3) is 0.645. The predicted molar refractivity (Wildman–Crippen MR) is 169 cm³/mol. The number of carbonyl (C=O) groups is 1. The highest BCUT2D eigenvalue weighted by molar-refractivity contribution is 5.94. The van der Waals surface area contributed by atoms with Crippen molar-refractivity contribution in [2.24, 2.45) is 0 Å². The number of carbonyl (C=O) groups excluding carboxylic acids is 1. The molecule has 0 radical (unpaired) electrons. The molecule has 1 aromatic carbocycles. The van der Waals surface area contributed by atoms with Crippen molar-refractivity contribution < 1.29 is 31.5 Å². The fourth-order valence-electron chi connectivity index (χ4n) is 7.15. The van der Waals surface area contributed by atoms with Crippen LogP contribution in [-0.4, -0.2) is 115 Å². The van der Waals surface area contributed by atoms with Gasteiger partial charge in [0.2, 0.25) is 11.9 Å². The first-order chi connectivity index (χ1) is 22.3. The molecule has 1 aromatic heterocycles. The maximum absolute atomic E-state index is 14.0. The van der Waals surface area contributed by atoms with Gasteiger partial charge in [-0.3, -0.25) is 9.80 Å². The molecule has 1 aliphatic carbocycles. The van der Waals surface area contributed by atoms with Crippen molar-refractivity contribution in [3.63, 3.8) is 0 Å². The number of aromatic nitrogens is 2. The largest absolute Gasteiger partial charge is 0.494 e. The van der Waals surface area contributed by atoms with Gasteiger partial charge >= 0.3 is 12.2 Å². The summed E-state index contributed by atoms with van der Waals surface area (Å²) in [6.07, 6.45) is -2.29. The van der Waals surface area contributed by atoms with Crippen molar-refractivity contribution in [3.05, 3.63) is 23.9 Å². The van der Waals surface area contributed by atoms with Crippen molar-refractivity contribution >= 4 is 34.9 Å². The van der Waals surface area contributed by atoms with Gasteiger partial charge < -0.3 is 30.5 Å². The number of nitrogens with two attached hydrogens (primary N) is 1. The normalized spacial score (nSPS) is 22.0. The summed E-state index contributed by atoms with van der Waals surface area (Å²) in [5, 5.41) is 3.09. The summed E-state index contributed by atoms with van der Waals surface area (Å²) in [7, 11) is 3.68. The lowest BCUT2D eigenvalue weighted by Gasteiger charge is -2.43. The minimum absolute atomic E-state index is 0.0606. The van der Waals surface area contributed by atoms with E-state index < -0.39 is 43.6 Å². The molecule has 3 aliphatic heterocycles. The zero-order chi connectivity index (χ0) is 33.5. The molecule has 16 heteroatoms. The van der Waals surface area contributed by atoms with Crippen molar-refractivity contribution in [1.82, 2.24) is 24.7 Å². The van der Waals surface area contributed by atoms with E-state index in [4.69, 9.17) is 10.5 Å². The fourth-order valence-corrected chi connectivity index (χ4v) is 7.15. The Morgan fingerprint density at radius 1 is 1.02 bits per heavy atom. The summed E-state index contributed by atoms with van der Waals surface area (Å²) in [5.41, 5.74) is 8.68. The zero-order valence-electron chi connectivity index (χ0n) is 26.7. The SMILES string of the molecule is COc1cc(N2CCC(N3CCN(C)CC3)CC2)c(N)cc1Nc1ncc2c(n1)N(C1CCC(F)(F)CC1)C(=O)N(CC(F)(F)F)C2. The number of alkyl halides is 5. The number of hydrogen-bond acceptors (Lipinski definition) is 9. The van der Waals surface area contributed by atoms with Crippen LogP contribution in [0, 0.1) is 0 Å². The van der Waals surface area contributed by atoms with Gasteiger partial charge in [-0.2, -0.15) is 18.2 Å². The van der Waals surface area contributed by atoms with Crippen LogP contribution in [0.1, 0.15) is 44.1 Å². The molecule has 2 aromatic rings. The molecule has 1 saturated carbocycles. The Balaban J connectivity index is 1.21. The van der Waals surface area contributed by atoms with Crippen LogP contribution in [-0.2, 0) is 6.54 Å². The van der Waals surface area contributed by atoms with Gasteiger partial charge in [0, 0.05) is 82.0 Å². The third-order valence-electron chi connectivity index (χ3n) is 9.78. The zero-order valence-corrected chi connectivity index (χ0v) is 26.7. The number of fused-ring (bicyclic) bond motifs is 1. The molecule has 3 N–H and O–H groups in total. The Labute approximate surface area is 270 Å². The van der Waals surface area contributed by atoms with Crippen LogP contribution in [0.15, 0.2) is 18.3 Å². The number of anilines is 5. The molecule has 0 spiro atoms. The number of ether oxygens (including phenoxy) is 1. The van der Waals surface area contributed by atoms with Crippen LogP contribution in [0.4, 0.5) is 55.6 Å². The maximum Gasteiger partial charge on any atom is 0.406 e. The molecule has 47 heavy (non-hydrogen) atoms. The number of piperidine rings is 1. The number of nitrogens with one attached hydrogen (secondary N) is 1. The molecule has 0 atom stereocenters. The van der Waals surface area contributed by atoms with Gasteiger partial charge in [-0.15, -0.1) is 0 Å². The number of benzene rings is 1. The van der Waals surface area contributed by atoms with E-state index >= 15 is 0 Å². The number of methoxy groups -OCH3 is 1. The maximum atomic E-state index is 14.0. The molecule has 3 fully saturated rings. The Bertz CT molecular complexity index is 1440. The number of nitrogens with zero attached hydrogens (tertiary/aromatic N) is 7. The number of likely N-dealkylation sites (N-methyl/N-ethyl adjacent to an activating group) is 1. The lowest BCUT2D eigenvalue weighted by atomic mass is 9.90. The predicted octanol–water partition coefficient (Wildman–Crippen LogP) is 4.91. The number of hydrogen-bond donors (Lipinski definition) is 2. The van der Waals surface area contributed by atoms with Crippen molar-refractivity contribution in [2.45, 2.75) is 69.3 Å². The third-order valence-corrected chi connectivity index (χ3v) is 9.78. The molecule has 0 bridgehead atoms. The highest BCUT2D eigenvalue weighted by Crippen LogP contribution is 2.41. The molecule has 2 saturated heterocycles. The number of nitrogen functional groups attached to an aromatic ring is 1. The lowest BCUT2D eigenvalue weighted by Crippen LogP contribution is -2.55. The minimum Gasteiger partial charge on any atom is -0.494 e. The van der Waals surface area contributed by atoms with Crippen LogP contribution in [0.3, 0.4) is 0 Å². The molecule has 11 nitrogen and oxygen atoms in total. The van der Waals surface area contributed by atoms with E-state index in [1.807, 2.05) is 6.07 Å². The highest BCUT2D eigenvalue weighted by atomic mass is 19.4. The Hall–Kier alpha value is -3.66. The highest BCUT2D eigenvalue weighted by Gasteiger charge is 2.45. The van der Waals surface area contributed by atoms with E-state index in [0.717, 1.165) is 62.7 Å². The van der Waals surface area contributed by atoms with Crippen molar-refractivity contribution in [3.8, 4) is 5.75 Å². The van der Waals surface area contributed by atoms with Gasteiger partial charge in [0.1, 0.15) is 18.1 Å². The Kier molecular flexibility index (Phi) is 9.26. The van der Waals surface area contributed by atoms with E-state index in [-0.39, 0.29) is 31.2 Å². The number of halogens is 5. The van der Waals surface area contributed by atoms with Crippen LogP contribution in [0.5, 0.6) is 5.75 Å². The summed E-state index contributed by atoms with van der Waals surface area (Å²) < 4.78 is 73.7. The monoisotopic (exact) mass is 667 g/mol. The lowest BCUT2D eigenvalue weighted by molar-refractivity contribution is -0.141. The smallest absolute Gasteiger partial charge is 0.406 e. The number of piperazine rings is 1. The molecule has 4 heterocycles. The molecular formula is C31H42F5N9O2. The summed E-state index contributed by atoms with van der Waals surface area (Å²) in [5.74, 6) is -2.24. The van der Waals surface area contributed by atoms with Crippen LogP contribution in [0.2, 0.25) is 0 Å². The van der Waals surface area contributed by atoms with E-state index in [1.165, 1.54) is 13.3 Å². The minimum atomic E-state index is -4.63. The second kappa shape index (κ2) is 13.1. The second-order valence-electron chi connectivity index (χ2n) is 13.0. The standard InChI is InChI=1S/C31H42F5N9O2/c1-41-11-13-42(14-12-41)21-5-9-43(10-6-21)25-16-26(47-2)24(15-23(25)37)39-28-38-17-20-18-44(19-31(34,35)36)29(46)45(27(20)40-28)22-3-7-30(32,33)8-4-22/h15-17,21-22H,3-14,18-19,37H2,1-2H3,(H,38,39,40). The quantitative estimate of drug-likeness (QED) is 0.315. The van der Waals surface area contributed by atoms with Crippen LogP contribution >= 0.6 is 0 Å². The molecule has 6 rings (SSSR count). The van der Waals surface area contributed by atoms with E-state index in [0.29, 0.717) is 33.6 Å². The molecule has 258 valence electrons. The molecular weight excluding hydrogens is 625 g/mol. The Morgan fingerprint density at radius 3 is 2.34 bits per heavy atom. The van der Waals surface area contributed by atoms with Crippen LogP contribution in [0.25, 0.3) is 0 Å². The summed E-state index contributed by atoms with van der Waals surface area (Å²) in [6, 6.07) is 2.48. The first-order valence-electron chi connectivity index (χ1n) is 16.1. The first-order valence-corrected chi connectivity index (χ1v) is 16.1. The van der Waals surface area contributed by atoms with E-state index in [2.05, 4.69) is 37.0 Å². The van der Waals surface area contributed by atoms with Crippen molar-refractivity contribution in [1.29, 1.82) is 0 Å². The Morgan fingerprint density at radius 2 is 1.70 bits per heavy atom. The number of amides is 2. The average Bonchev–Trinajstić information content (AvgIpc) is 3.02. The van der Waals surface area contributed by atoms with Gasteiger partial charge in [0.05, 0.1) is 30.7 Å². The number of urea groups is 1. The third kappa shape index (κ3) is 7.42. The topological polar surface area (TPSA) is 106 Å². The molecule has 0 unspecified atom stereocenters. The molecule has 2 amide bonds. The van der Waals surface area contributed by atoms with Gasteiger partial charge in [0.25, 0.3) is 0 Å². The number of rotatable bonds is 7.